The van der Waals surface area contributed by atoms with Gasteiger partial charge >= 0.3 is 11.3 Å². The van der Waals surface area contributed by atoms with Crippen LogP contribution in [0.1, 0.15) is 11.1 Å². The third-order valence-electron chi connectivity index (χ3n) is 2.45. The van der Waals surface area contributed by atoms with Crippen LogP contribution in [0.3, 0.4) is 0 Å². The van der Waals surface area contributed by atoms with Crippen LogP contribution in [-0.2, 0) is 6.42 Å². The molecule has 0 bridgehead atoms. The van der Waals surface area contributed by atoms with Gasteiger partial charge in [-0.15, -0.1) is 0 Å². The second-order valence-corrected chi connectivity index (χ2v) is 3.38. The molecular weight excluding hydrogens is 212 g/mol. The maximum absolute atomic E-state index is 11.4. The fourth-order valence-corrected chi connectivity index (χ4v) is 1.66. The molecule has 0 fully saturated rings. The number of hydrogen-bond donors (Lipinski definition) is 0. The number of fused-ring (bicyclic) bond motifs is 2. The summed E-state index contributed by atoms with van der Waals surface area (Å²) in [5.74, 6) is 0.851. The summed E-state index contributed by atoms with van der Waals surface area (Å²) in [5.41, 5.74) is -0.306. The molecule has 1 aliphatic rings. The average Bonchev–Trinajstić information content (AvgIpc) is 2.28. The van der Waals surface area contributed by atoms with Crippen molar-refractivity contribution in [2.24, 2.45) is 0 Å². The van der Waals surface area contributed by atoms with Gasteiger partial charge in [0.1, 0.15) is 11.5 Å². The van der Waals surface area contributed by atoms with E-state index >= 15 is 0 Å². The maximum atomic E-state index is 11.4. The third-order valence-corrected chi connectivity index (χ3v) is 2.45. The zero-order valence-corrected chi connectivity index (χ0v) is 8.06. The van der Waals surface area contributed by atoms with Gasteiger partial charge in [0.15, 0.2) is 0 Å². The van der Waals surface area contributed by atoms with Crippen LogP contribution in [0.5, 0.6) is 11.5 Å². The van der Waals surface area contributed by atoms with Crippen LogP contribution in [-0.4, -0.2) is 0 Å². The fourth-order valence-electron chi connectivity index (χ4n) is 1.66. The molecule has 0 spiro atoms. The lowest BCUT2D eigenvalue weighted by Gasteiger charge is -2.16. The van der Waals surface area contributed by atoms with Crippen LogP contribution in [0.2, 0.25) is 0 Å². The van der Waals surface area contributed by atoms with Crippen LogP contribution < -0.4 is 16.0 Å². The van der Waals surface area contributed by atoms with Crippen molar-refractivity contribution in [1.29, 1.82) is 0 Å². The van der Waals surface area contributed by atoms with Crippen LogP contribution in [0.15, 0.2) is 43.1 Å². The smallest absolute Gasteiger partial charge is 0.342 e. The Bertz CT molecular complexity index is 607. The molecule has 0 aliphatic carbocycles. The number of hydrogen-bond acceptors (Lipinski definition) is 5. The molecule has 2 aromatic rings. The molecule has 16 heavy (non-hydrogen) atoms. The Balaban J connectivity index is 2.25. The van der Waals surface area contributed by atoms with Crippen molar-refractivity contribution in [3.05, 3.63) is 56.6 Å². The molecule has 0 N–H and O–H groups in total. The molecule has 5 heteroatoms. The lowest BCUT2D eigenvalue weighted by atomic mass is 10.0. The highest BCUT2D eigenvalue weighted by molar-refractivity contribution is 5.46. The van der Waals surface area contributed by atoms with E-state index in [1.54, 1.807) is 12.1 Å². The zero-order chi connectivity index (χ0) is 11.1. The van der Waals surface area contributed by atoms with E-state index in [2.05, 4.69) is 0 Å². The lowest BCUT2D eigenvalue weighted by Crippen LogP contribution is -2.19. The molecule has 3 rings (SSSR count). The van der Waals surface area contributed by atoms with Gasteiger partial charge in [-0.25, -0.2) is 9.59 Å². The first-order valence-corrected chi connectivity index (χ1v) is 4.65. The van der Waals surface area contributed by atoms with Crippen molar-refractivity contribution in [1.82, 2.24) is 0 Å². The van der Waals surface area contributed by atoms with Gasteiger partial charge in [-0.1, -0.05) is 0 Å². The summed E-state index contributed by atoms with van der Waals surface area (Å²) in [4.78, 5) is 22.8. The van der Waals surface area contributed by atoms with Gasteiger partial charge in [0, 0.05) is 18.6 Å². The second-order valence-electron chi connectivity index (χ2n) is 3.38. The summed E-state index contributed by atoms with van der Waals surface area (Å²) >= 11 is 0. The van der Waals surface area contributed by atoms with Gasteiger partial charge in [0.25, 0.3) is 0 Å². The highest BCUT2D eigenvalue weighted by atomic mass is 16.5. The molecule has 0 saturated heterocycles. The Labute approximate surface area is 88.9 Å². The van der Waals surface area contributed by atoms with E-state index in [1.165, 1.54) is 12.5 Å². The van der Waals surface area contributed by atoms with E-state index in [4.69, 9.17) is 13.6 Å². The topological polar surface area (TPSA) is 69.7 Å². The summed E-state index contributed by atoms with van der Waals surface area (Å²) in [6.45, 7) is 0. The van der Waals surface area contributed by atoms with Gasteiger partial charge in [-0.2, -0.15) is 0 Å². The minimum Gasteiger partial charge on any atom is -0.456 e. The molecule has 5 nitrogen and oxygen atoms in total. The van der Waals surface area contributed by atoms with E-state index in [-0.39, 0.29) is 6.42 Å². The predicted molar refractivity (Wildman–Crippen MR) is 52.8 cm³/mol. The van der Waals surface area contributed by atoms with E-state index < -0.39 is 11.3 Å². The fraction of sp³-hybridized carbons (Fsp3) is 0.0909. The van der Waals surface area contributed by atoms with Crippen molar-refractivity contribution in [2.45, 2.75) is 6.42 Å². The Hall–Kier alpha value is -2.30. The molecule has 0 atom stereocenters. The second kappa shape index (κ2) is 3.10. The summed E-state index contributed by atoms with van der Waals surface area (Å²) in [7, 11) is 0. The van der Waals surface area contributed by atoms with E-state index in [1.807, 2.05) is 0 Å². The molecule has 0 radical (unpaired) electrons. The van der Waals surface area contributed by atoms with Crippen molar-refractivity contribution in [2.75, 3.05) is 0 Å². The summed E-state index contributed by atoms with van der Waals surface area (Å²) < 4.78 is 14.8. The molecule has 80 valence electrons. The zero-order valence-electron chi connectivity index (χ0n) is 8.06. The summed E-state index contributed by atoms with van der Waals surface area (Å²) in [5, 5.41) is 0. The minimum atomic E-state index is -0.494. The molecule has 2 aromatic heterocycles. The number of ether oxygens (including phenoxy) is 1. The molecule has 1 aliphatic heterocycles. The van der Waals surface area contributed by atoms with Gasteiger partial charge in [-0.05, 0) is 0 Å². The lowest BCUT2D eigenvalue weighted by molar-refractivity contribution is 0.409. The first kappa shape index (κ1) is 8.96. The SMILES string of the molecule is O=c1occc2c1Cc1c(ccoc1=O)O2. The highest BCUT2D eigenvalue weighted by Crippen LogP contribution is 2.32. The van der Waals surface area contributed by atoms with Crippen LogP contribution >= 0.6 is 0 Å². The Kier molecular flexibility index (Phi) is 1.73. The van der Waals surface area contributed by atoms with Crippen LogP contribution in [0.4, 0.5) is 0 Å². The van der Waals surface area contributed by atoms with Crippen LogP contribution in [0.25, 0.3) is 0 Å². The maximum Gasteiger partial charge on any atom is 0.342 e. The first-order valence-electron chi connectivity index (χ1n) is 4.65. The van der Waals surface area contributed by atoms with Crippen LogP contribution in [0, 0.1) is 0 Å². The summed E-state index contributed by atoms with van der Waals surface area (Å²) in [6.07, 6.45) is 2.70. The van der Waals surface area contributed by atoms with Gasteiger partial charge < -0.3 is 13.6 Å². The Morgan fingerprint density at radius 1 is 0.875 bits per heavy atom. The van der Waals surface area contributed by atoms with Crippen molar-refractivity contribution in [3.63, 3.8) is 0 Å². The molecule has 0 amide bonds. The quantitative estimate of drug-likeness (QED) is 0.568. The van der Waals surface area contributed by atoms with Gasteiger partial charge in [0.05, 0.1) is 23.7 Å². The van der Waals surface area contributed by atoms with E-state index in [0.29, 0.717) is 22.6 Å². The Morgan fingerprint density at radius 3 is 1.88 bits per heavy atom. The number of rotatable bonds is 0. The van der Waals surface area contributed by atoms with Crippen molar-refractivity contribution >= 4 is 0 Å². The van der Waals surface area contributed by atoms with Crippen molar-refractivity contribution in [3.8, 4) is 11.5 Å². The normalized spacial score (nSPS) is 12.5. The van der Waals surface area contributed by atoms with E-state index in [0.717, 1.165) is 0 Å². The minimum absolute atomic E-state index is 0.178. The van der Waals surface area contributed by atoms with E-state index in [9.17, 15) is 9.59 Å². The molecule has 3 heterocycles. The largest absolute Gasteiger partial charge is 0.456 e. The molecular formula is C11H6O5. The standard InChI is InChI=1S/C11H6O5/c12-10-6-5-7-9(2-4-15-11(7)13)16-8(6)1-3-14-10/h1-4H,5H2. The third kappa shape index (κ3) is 1.18. The van der Waals surface area contributed by atoms with Gasteiger partial charge in [-0.3, -0.25) is 0 Å². The Morgan fingerprint density at radius 2 is 1.38 bits per heavy atom. The van der Waals surface area contributed by atoms with Crippen molar-refractivity contribution < 1.29 is 13.6 Å². The average molecular weight is 218 g/mol. The molecule has 0 saturated carbocycles. The molecule has 0 unspecified atom stereocenters. The predicted octanol–water partition coefficient (Wildman–Crippen LogP) is 1.29. The van der Waals surface area contributed by atoms with Gasteiger partial charge in [0.2, 0.25) is 0 Å². The summed E-state index contributed by atoms with van der Waals surface area (Å²) in [6, 6.07) is 3.10. The molecule has 0 aromatic carbocycles. The monoisotopic (exact) mass is 218 g/mol. The first-order chi connectivity index (χ1) is 7.75. The highest BCUT2D eigenvalue weighted by Gasteiger charge is 2.23.